The van der Waals surface area contributed by atoms with Crippen molar-refractivity contribution in [3.8, 4) is 0 Å². The molecular formula is C12H19N5O2. The van der Waals surface area contributed by atoms with E-state index in [1.165, 1.54) is 6.33 Å². The highest BCUT2D eigenvalue weighted by Gasteiger charge is 2.32. The Labute approximate surface area is 112 Å². The van der Waals surface area contributed by atoms with Crippen LogP contribution in [-0.2, 0) is 0 Å². The number of aromatic nitrogens is 2. The van der Waals surface area contributed by atoms with Crippen molar-refractivity contribution < 1.29 is 4.92 Å². The molecule has 1 aliphatic rings. The van der Waals surface area contributed by atoms with Gasteiger partial charge in [0.2, 0.25) is 11.6 Å². The molecule has 1 saturated heterocycles. The summed E-state index contributed by atoms with van der Waals surface area (Å²) in [7, 11) is 1.62. The van der Waals surface area contributed by atoms with Crippen molar-refractivity contribution in [1.82, 2.24) is 9.97 Å². The summed E-state index contributed by atoms with van der Waals surface area (Å²) in [5.74, 6) is 0.676. The van der Waals surface area contributed by atoms with Crippen molar-refractivity contribution in [3.63, 3.8) is 0 Å². The highest BCUT2D eigenvalue weighted by molar-refractivity contribution is 5.70. The molecule has 1 aromatic heterocycles. The monoisotopic (exact) mass is 265 g/mol. The highest BCUT2D eigenvalue weighted by atomic mass is 16.6. The van der Waals surface area contributed by atoms with Gasteiger partial charge in [0, 0.05) is 20.1 Å². The van der Waals surface area contributed by atoms with E-state index in [-0.39, 0.29) is 16.9 Å². The topological polar surface area (TPSA) is 84.2 Å². The van der Waals surface area contributed by atoms with Crippen LogP contribution in [0.5, 0.6) is 0 Å². The number of nitro groups is 1. The fourth-order valence-corrected chi connectivity index (χ4v) is 2.56. The smallest absolute Gasteiger partial charge is 0.353 e. The van der Waals surface area contributed by atoms with Crippen molar-refractivity contribution >= 4 is 17.3 Å². The maximum Gasteiger partial charge on any atom is 0.353 e. The third-order valence-corrected chi connectivity index (χ3v) is 3.42. The van der Waals surface area contributed by atoms with Crippen LogP contribution in [0.25, 0.3) is 0 Å². The van der Waals surface area contributed by atoms with Crippen LogP contribution in [0, 0.1) is 15.5 Å². The van der Waals surface area contributed by atoms with E-state index < -0.39 is 4.92 Å². The van der Waals surface area contributed by atoms with E-state index in [4.69, 9.17) is 0 Å². The van der Waals surface area contributed by atoms with Crippen molar-refractivity contribution in [3.05, 3.63) is 16.4 Å². The lowest BCUT2D eigenvalue weighted by Crippen LogP contribution is -2.40. The second-order valence-corrected chi connectivity index (χ2v) is 5.59. The molecule has 7 heteroatoms. The number of piperidine rings is 1. The van der Waals surface area contributed by atoms with Crippen LogP contribution < -0.4 is 10.2 Å². The van der Waals surface area contributed by atoms with E-state index in [0.717, 1.165) is 25.9 Å². The maximum atomic E-state index is 11.3. The lowest BCUT2D eigenvalue weighted by molar-refractivity contribution is -0.383. The second kappa shape index (κ2) is 4.99. The van der Waals surface area contributed by atoms with E-state index in [1.54, 1.807) is 7.05 Å². The SMILES string of the molecule is CNc1ncnc(N2CCCC(C)(C)C2)c1[N+](=O)[O-]. The zero-order chi connectivity index (χ0) is 14.0. The lowest BCUT2D eigenvalue weighted by Gasteiger charge is -2.38. The number of nitrogens with zero attached hydrogens (tertiary/aromatic N) is 4. The maximum absolute atomic E-state index is 11.3. The van der Waals surface area contributed by atoms with Gasteiger partial charge in [-0.1, -0.05) is 13.8 Å². The first-order valence-corrected chi connectivity index (χ1v) is 6.37. The lowest BCUT2D eigenvalue weighted by atomic mass is 9.84. The highest BCUT2D eigenvalue weighted by Crippen LogP contribution is 2.36. The molecule has 0 saturated carbocycles. The molecule has 0 atom stereocenters. The summed E-state index contributed by atoms with van der Waals surface area (Å²) in [6.45, 7) is 5.91. The van der Waals surface area contributed by atoms with Crippen molar-refractivity contribution in [2.24, 2.45) is 5.41 Å². The standard InChI is InChI=1S/C12H19N5O2/c1-12(2)5-4-6-16(7-12)11-9(17(18)19)10(13-3)14-8-15-11/h8H,4-7H2,1-3H3,(H,13,14,15). The molecule has 0 aromatic carbocycles. The minimum atomic E-state index is -0.414. The molecule has 2 rings (SSSR count). The first-order valence-electron chi connectivity index (χ1n) is 6.37. The first kappa shape index (κ1) is 13.5. The molecule has 1 aromatic rings. The van der Waals surface area contributed by atoms with Crippen LogP contribution >= 0.6 is 0 Å². The van der Waals surface area contributed by atoms with E-state index in [2.05, 4.69) is 29.1 Å². The van der Waals surface area contributed by atoms with Gasteiger partial charge in [0.1, 0.15) is 6.33 Å². The Bertz CT molecular complexity index is 489. The quantitative estimate of drug-likeness (QED) is 0.665. The van der Waals surface area contributed by atoms with Gasteiger partial charge < -0.3 is 10.2 Å². The van der Waals surface area contributed by atoms with E-state index in [9.17, 15) is 10.1 Å². The van der Waals surface area contributed by atoms with Crippen LogP contribution in [-0.4, -0.2) is 35.0 Å². The van der Waals surface area contributed by atoms with Gasteiger partial charge in [-0.2, -0.15) is 0 Å². The molecule has 7 nitrogen and oxygen atoms in total. The fourth-order valence-electron chi connectivity index (χ4n) is 2.56. The van der Waals surface area contributed by atoms with Crippen LogP contribution in [0.2, 0.25) is 0 Å². The van der Waals surface area contributed by atoms with Crippen LogP contribution in [0.15, 0.2) is 6.33 Å². The summed E-state index contributed by atoms with van der Waals surface area (Å²) >= 11 is 0. The first-order chi connectivity index (χ1) is 8.94. The zero-order valence-electron chi connectivity index (χ0n) is 11.5. The van der Waals surface area contributed by atoms with Gasteiger partial charge in [-0.05, 0) is 18.3 Å². The Balaban J connectivity index is 2.41. The summed E-state index contributed by atoms with van der Waals surface area (Å²) in [5, 5.41) is 14.0. The van der Waals surface area contributed by atoms with Gasteiger partial charge in [0.25, 0.3) is 0 Å². The van der Waals surface area contributed by atoms with Crippen LogP contribution in [0.1, 0.15) is 26.7 Å². The van der Waals surface area contributed by atoms with Gasteiger partial charge in [0.05, 0.1) is 4.92 Å². The molecule has 19 heavy (non-hydrogen) atoms. The summed E-state index contributed by atoms with van der Waals surface area (Å²) in [6, 6.07) is 0. The summed E-state index contributed by atoms with van der Waals surface area (Å²) in [6.07, 6.45) is 3.51. The number of anilines is 2. The summed E-state index contributed by atoms with van der Waals surface area (Å²) in [4.78, 5) is 20.9. The molecule has 0 spiro atoms. The molecule has 0 aliphatic carbocycles. The Morgan fingerprint density at radius 2 is 2.21 bits per heavy atom. The number of rotatable bonds is 3. The molecule has 0 radical (unpaired) electrons. The van der Waals surface area contributed by atoms with E-state index >= 15 is 0 Å². The molecule has 0 amide bonds. The summed E-state index contributed by atoms with van der Waals surface area (Å²) in [5.41, 5.74) is 0.111. The Hall–Kier alpha value is -1.92. The van der Waals surface area contributed by atoms with Gasteiger partial charge in [-0.15, -0.1) is 0 Å². The van der Waals surface area contributed by atoms with Crippen molar-refractivity contribution in [2.45, 2.75) is 26.7 Å². The van der Waals surface area contributed by atoms with Crippen molar-refractivity contribution in [2.75, 3.05) is 30.4 Å². The fraction of sp³-hybridized carbons (Fsp3) is 0.667. The molecule has 1 fully saturated rings. The van der Waals surface area contributed by atoms with Gasteiger partial charge >= 0.3 is 5.69 Å². The number of hydrogen-bond donors (Lipinski definition) is 1. The molecule has 1 N–H and O–H groups in total. The third kappa shape index (κ3) is 2.74. The minimum absolute atomic E-state index is 0.0392. The Kier molecular flexibility index (Phi) is 3.55. The number of hydrogen-bond acceptors (Lipinski definition) is 6. The van der Waals surface area contributed by atoms with Gasteiger partial charge in [0.15, 0.2) is 0 Å². The second-order valence-electron chi connectivity index (χ2n) is 5.59. The Morgan fingerprint density at radius 3 is 2.79 bits per heavy atom. The predicted molar refractivity (Wildman–Crippen MR) is 73.5 cm³/mol. The van der Waals surface area contributed by atoms with E-state index in [1.807, 2.05) is 4.90 Å². The Morgan fingerprint density at radius 1 is 1.47 bits per heavy atom. The summed E-state index contributed by atoms with van der Waals surface area (Å²) < 4.78 is 0. The molecule has 104 valence electrons. The van der Waals surface area contributed by atoms with Crippen molar-refractivity contribution in [1.29, 1.82) is 0 Å². The van der Waals surface area contributed by atoms with Gasteiger partial charge in [-0.3, -0.25) is 10.1 Å². The van der Waals surface area contributed by atoms with Crippen LogP contribution in [0.3, 0.4) is 0 Å². The average Bonchev–Trinajstić information content (AvgIpc) is 2.36. The molecule has 0 bridgehead atoms. The number of nitrogens with one attached hydrogen (secondary N) is 1. The average molecular weight is 265 g/mol. The molecule has 2 heterocycles. The third-order valence-electron chi connectivity index (χ3n) is 3.42. The zero-order valence-corrected chi connectivity index (χ0v) is 11.5. The minimum Gasteiger partial charge on any atom is -0.367 e. The van der Waals surface area contributed by atoms with Gasteiger partial charge in [-0.25, -0.2) is 9.97 Å². The normalized spacial score (nSPS) is 18.2. The van der Waals surface area contributed by atoms with E-state index in [0.29, 0.717) is 5.82 Å². The largest absolute Gasteiger partial charge is 0.367 e. The molecule has 0 unspecified atom stereocenters. The predicted octanol–water partition coefficient (Wildman–Crippen LogP) is 2.05. The molecular weight excluding hydrogens is 246 g/mol. The van der Waals surface area contributed by atoms with Crippen LogP contribution in [0.4, 0.5) is 17.3 Å². The molecule has 1 aliphatic heterocycles.